The zero-order chi connectivity index (χ0) is 21.0. The Labute approximate surface area is 167 Å². The van der Waals surface area contributed by atoms with Crippen LogP contribution in [0.1, 0.15) is 34.2 Å². The minimum absolute atomic E-state index is 0.0791. The smallest absolute Gasteiger partial charge is 0.278 e. The molecule has 29 heavy (non-hydrogen) atoms. The lowest BCUT2D eigenvalue weighted by molar-refractivity contribution is -0.117. The molecule has 0 aliphatic carbocycles. The molecule has 2 aromatic carbocycles. The first kappa shape index (κ1) is 20.2. The van der Waals surface area contributed by atoms with Gasteiger partial charge in [0.1, 0.15) is 12.4 Å². The number of nitrogens with zero attached hydrogens (tertiary/aromatic N) is 3. The minimum atomic E-state index is -0.515. The standard InChI is InChI=1S/C21H22FN5O2/c1-4-15-7-5-6-8-17(15)23-19(28)12-27-14(3)20(25-26-27)21(29)24-18-11-16(22)10-9-13(18)2/h5-11H,4,12H2,1-3H3,(H,23,28)(H,24,29). The van der Waals surface area contributed by atoms with E-state index in [1.165, 1.54) is 16.8 Å². The second-order valence-electron chi connectivity index (χ2n) is 6.65. The molecule has 1 heterocycles. The number of halogens is 1. The van der Waals surface area contributed by atoms with Crippen LogP contribution in [0.4, 0.5) is 15.8 Å². The van der Waals surface area contributed by atoms with Gasteiger partial charge in [0.25, 0.3) is 5.91 Å². The van der Waals surface area contributed by atoms with Crippen LogP contribution in [-0.2, 0) is 17.8 Å². The van der Waals surface area contributed by atoms with Gasteiger partial charge in [-0.15, -0.1) is 5.10 Å². The van der Waals surface area contributed by atoms with Gasteiger partial charge < -0.3 is 10.6 Å². The van der Waals surface area contributed by atoms with Crippen molar-refractivity contribution in [2.75, 3.05) is 10.6 Å². The summed E-state index contributed by atoms with van der Waals surface area (Å²) in [5, 5.41) is 13.3. The van der Waals surface area contributed by atoms with E-state index < -0.39 is 11.7 Å². The molecule has 2 amide bonds. The third-order valence-electron chi connectivity index (χ3n) is 4.61. The van der Waals surface area contributed by atoms with Crippen LogP contribution in [0.15, 0.2) is 42.5 Å². The number of rotatable bonds is 6. The molecule has 0 aliphatic heterocycles. The number of anilines is 2. The zero-order valence-corrected chi connectivity index (χ0v) is 16.5. The molecule has 0 aliphatic rings. The molecule has 0 fully saturated rings. The number of benzene rings is 2. The van der Waals surface area contributed by atoms with Crippen LogP contribution in [-0.4, -0.2) is 26.8 Å². The number of aryl methyl sites for hydroxylation is 2. The Kier molecular flexibility index (Phi) is 6.01. The van der Waals surface area contributed by atoms with Crippen molar-refractivity contribution >= 4 is 23.2 Å². The molecule has 150 valence electrons. The van der Waals surface area contributed by atoms with Crippen LogP contribution < -0.4 is 10.6 Å². The Hall–Kier alpha value is -3.55. The summed E-state index contributed by atoms with van der Waals surface area (Å²) in [6.45, 7) is 5.35. The van der Waals surface area contributed by atoms with Crippen LogP contribution in [0, 0.1) is 19.7 Å². The zero-order valence-electron chi connectivity index (χ0n) is 16.5. The fourth-order valence-electron chi connectivity index (χ4n) is 2.91. The van der Waals surface area contributed by atoms with E-state index in [-0.39, 0.29) is 18.1 Å². The summed E-state index contributed by atoms with van der Waals surface area (Å²) in [4.78, 5) is 24.9. The molecule has 3 aromatic rings. The Bertz CT molecular complexity index is 1060. The molecule has 1 aromatic heterocycles. The molecule has 2 N–H and O–H groups in total. The second-order valence-corrected chi connectivity index (χ2v) is 6.65. The van der Waals surface area contributed by atoms with Crippen molar-refractivity contribution in [3.05, 3.63) is 70.8 Å². The molecule has 8 heteroatoms. The van der Waals surface area contributed by atoms with Crippen LogP contribution >= 0.6 is 0 Å². The fourth-order valence-corrected chi connectivity index (χ4v) is 2.91. The van der Waals surface area contributed by atoms with Gasteiger partial charge in [-0.25, -0.2) is 9.07 Å². The second kappa shape index (κ2) is 8.64. The van der Waals surface area contributed by atoms with E-state index in [0.717, 1.165) is 23.2 Å². The number of hydrogen-bond acceptors (Lipinski definition) is 4. The van der Waals surface area contributed by atoms with Crippen molar-refractivity contribution in [1.29, 1.82) is 0 Å². The minimum Gasteiger partial charge on any atom is -0.324 e. The molecular weight excluding hydrogens is 373 g/mol. The molecule has 0 atom stereocenters. The molecule has 0 bridgehead atoms. The quantitative estimate of drug-likeness (QED) is 0.669. The maximum absolute atomic E-state index is 13.4. The topological polar surface area (TPSA) is 88.9 Å². The highest BCUT2D eigenvalue weighted by Crippen LogP contribution is 2.18. The van der Waals surface area contributed by atoms with Crippen molar-refractivity contribution < 1.29 is 14.0 Å². The highest BCUT2D eigenvalue weighted by Gasteiger charge is 2.19. The van der Waals surface area contributed by atoms with Gasteiger partial charge in [0.2, 0.25) is 5.91 Å². The lowest BCUT2D eigenvalue weighted by Gasteiger charge is -2.10. The van der Waals surface area contributed by atoms with Gasteiger partial charge in [0, 0.05) is 11.4 Å². The van der Waals surface area contributed by atoms with E-state index in [1.54, 1.807) is 19.9 Å². The van der Waals surface area contributed by atoms with Crippen molar-refractivity contribution in [1.82, 2.24) is 15.0 Å². The average Bonchev–Trinajstić information content (AvgIpc) is 3.05. The Morgan fingerprint density at radius 3 is 2.59 bits per heavy atom. The third kappa shape index (κ3) is 4.66. The monoisotopic (exact) mass is 395 g/mol. The highest BCUT2D eigenvalue weighted by molar-refractivity contribution is 6.04. The van der Waals surface area contributed by atoms with Gasteiger partial charge in [0.15, 0.2) is 5.69 Å². The van der Waals surface area contributed by atoms with Crippen LogP contribution in [0.25, 0.3) is 0 Å². The number of nitrogens with one attached hydrogen (secondary N) is 2. The highest BCUT2D eigenvalue weighted by atomic mass is 19.1. The van der Waals surface area contributed by atoms with Crippen LogP contribution in [0.3, 0.4) is 0 Å². The summed E-state index contributed by atoms with van der Waals surface area (Å²) in [5.74, 6) is -1.23. The van der Waals surface area contributed by atoms with Crippen molar-refractivity contribution in [2.45, 2.75) is 33.7 Å². The first-order valence-corrected chi connectivity index (χ1v) is 9.24. The van der Waals surface area contributed by atoms with Crippen LogP contribution in [0.2, 0.25) is 0 Å². The molecule has 7 nitrogen and oxygen atoms in total. The van der Waals surface area contributed by atoms with E-state index in [2.05, 4.69) is 20.9 Å². The fraction of sp³-hybridized carbons (Fsp3) is 0.238. The molecule has 0 radical (unpaired) electrons. The van der Waals surface area contributed by atoms with E-state index in [0.29, 0.717) is 11.4 Å². The van der Waals surface area contributed by atoms with Gasteiger partial charge in [-0.2, -0.15) is 0 Å². The number of para-hydroxylation sites is 1. The largest absolute Gasteiger partial charge is 0.324 e. The summed E-state index contributed by atoms with van der Waals surface area (Å²) >= 11 is 0. The van der Waals surface area contributed by atoms with E-state index in [1.807, 2.05) is 31.2 Å². The molecular formula is C21H22FN5O2. The van der Waals surface area contributed by atoms with Gasteiger partial charge in [-0.1, -0.05) is 36.4 Å². The van der Waals surface area contributed by atoms with Crippen molar-refractivity contribution in [3.8, 4) is 0 Å². The number of carbonyl (C=O) groups excluding carboxylic acids is 2. The molecule has 0 unspecified atom stereocenters. The predicted octanol–water partition coefficient (Wildman–Crippen LogP) is 3.49. The lowest BCUT2D eigenvalue weighted by atomic mass is 10.1. The Balaban J connectivity index is 1.71. The van der Waals surface area contributed by atoms with Gasteiger partial charge in [-0.3, -0.25) is 9.59 Å². The van der Waals surface area contributed by atoms with Gasteiger partial charge in [-0.05, 0) is 49.6 Å². The van der Waals surface area contributed by atoms with E-state index in [4.69, 9.17) is 0 Å². The normalized spacial score (nSPS) is 10.6. The summed E-state index contributed by atoms with van der Waals surface area (Å²) in [6.07, 6.45) is 0.794. The number of hydrogen-bond donors (Lipinski definition) is 2. The maximum Gasteiger partial charge on any atom is 0.278 e. The number of aromatic nitrogens is 3. The first-order chi connectivity index (χ1) is 13.9. The summed E-state index contributed by atoms with van der Waals surface area (Å²) in [5.41, 5.74) is 3.38. The van der Waals surface area contributed by atoms with E-state index in [9.17, 15) is 14.0 Å². The predicted molar refractivity (Wildman–Crippen MR) is 108 cm³/mol. The summed E-state index contributed by atoms with van der Waals surface area (Å²) < 4.78 is 14.8. The summed E-state index contributed by atoms with van der Waals surface area (Å²) in [6, 6.07) is 11.7. The Morgan fingerprint density at radius 2 is 1.83 bits per heavy atom. The maximum atomic E-state index is 13.4. The third-order valence-corrected chi connectivity index (χ3v) is 4.61. The number of amides is 2. The van der Waals surface area contributed by atoms with Gasteiger partial charge >= 0.3 is 0 Å². The Morgan fingerprint density at radius 1 is 1.07 bits per heavy atom. The molecule has 3 rings (SSSR count). The van der Waals surface area contributed by atoms with Crippen LogP contribution in [0.5, 0.6) is 0 Å². The molecule has 0 saturated heterocycles. The van der Waals surface area contributed by atoms with Crippen molar-refractivity contribution in [3.63, 3.8) is 0 Å². The van der Waals surface area contributed by atoms with Gasteiger partial charge in [0.05, 0.1) is 5.69 Å². The average molecular weight is 395 g/mol. The van der Waals surface area contributed by atoms with E-state index >= 15 is 0 Å². The lowest BCUT2D eigenvalue weighted by Crippen LogP contribution is -2.21. The first-order valence-electron chi connectivity index (χ1n) is 9.24. The SMILES string of the molecule is CCc1ccccc1NC(=O)Cn1nnc(C(=O)Nc2cc(F)ccc2C)c1C. The molecule has 0 saturated carbocycles. The molecule has 0 spiro atoms. The number of carbonyl (C=O) groups is 2. The summed E-state index contributed by atoms with van der Waals surface area (Å²) in [7, 11) is 0. The van der Waals surface area contributed by atoms with Crippen molar-refractivity contribution in [2.24, 2.45) is 0 Å².